The lowest BCUT2D eigenvalue weighted by Crippen LogP contribution is -2.37. The number of likely N-dealkylation sites (N-methyl/N-ethyl adjacent to an activating group) is 1. The van der Waals surface area contributed by atoms with Crippen LogP contribution in [0.5, 0.6) is 5.75 Å². The first-order valence-electron chi connectivity index (χ1n) is 7.25. The fourth-order valence-corrected chi connectivity index (χ4v) is 3.13. The molecule has 0 bridgehead atoms. The van der Waals surface area contributed by atoms with E-state index >= 15 is 0 Å². The Balaban J connectivity index is 2.09. The number of hydrogen-bond acceptors (Lipinski definition) is 2. The molecule has 2 rings (SSSR count). The smallest absolute Gasteiger partial charge is 0.119 e. The molecule has 0 aromatic heterocycles. The van der Waals surface area contributed by atoms with Gasteiger partial charge in [-0.2, -0.15) is 0 Å². The second-order valence-corrected chi connectivity index (χ2v) is 5.43. The normalized spacial score (nSPS) is 17.8. The predicted octanol–water partition coefficient (Wildman–Crippen LogP) is 4.27. The summed E-state index contributed by atoms with van der Waals surface area (Å²) in [6.07, 6.45) is 8.90. The van der Waals surface area contributed by atoms with Crippen molar-refractivity contribution in [2.45, 2.75) is 38.1 Å². The molecule has 0 unspecified atom stereocenters. The van der Waals surface area contributed by atoms with E-state index in [0.29, 0.717) is 6.04 Å². The number of nitrogens with zero attached hydrogens (tertiary/aromatic N) is 1. The SMILES string of the molecule is C=C[C@H](C1CCCCC1)N(C)c1ccc(OC)cc1. The first-order chi connectivity index (χ1) is 9.26. The molecule has 1 fully saturated rings. The van der Waals surface area contributed by atoms with Crippen LogP contribution in [0.3, 0.4) is 0 Å². The second-order valence-electron chi connectivity index (χ2n) is 5.43. The minimum Gasteiger partial charge on any atom is -0.497 e. The van der Waals surface area contributed by atoms with Crippen LogP contribution >= 0.6 is 0 Å². The van der Waals surface area contributed by atoms with Crippen molar-refractivity contribution in [2.75, 3.05) is 19.1 Å². The molecule has 0 amide bonds. The maximum absolute atomic E-state index is 5.21. The largest absolute Gasteiger partial charge is 0.497 e. The highest BCUT2D eigenvalue weighted by atomic mass is 16.5. The molecule has 1 saturated carbocycles. The van der Waals surface area contributed by atoms with Gasteiger partial charge >= 0.3 is 0 Å². The van der Waals surface area contributed by atoms with Gasteiger partial charge in [0.1, 0.15) is 5.75 Å². The van der Waals surface area contributed by atoms with Crippen LogP contribution in [0.4, 0.5) is 5.69 Å². The summed E-state index contributed by atoms with van der Waals surface area (Å²) in [5.74, 6) is 1.66. The van der Waals surface area contributed by atoms with E-state index in [-0.39, 0.29) is 0 Å². The van der Waals surface area contributed by atoms with Gasteiger partial charge in [-0.25, -0.2) is 0 Å². The Labute approximate surface area is 117 Å². The van der Waals surface area contributed by atoms with E-state index in [0.717, 1.165) is 11.7 Å². The second kappa shape index (κ2) is 6.65. The molecule has 2 nitrogen and oxygen atoms in total. The Hall–Kier alpha value is -1.44. The summed E-state index contributed by atoms with van der Waals surface area (Å²) in [4.78, 5) is 2.35. The highest BCUT2D eigenvalue weighted by Gasteiger charge is 2.24. The monoisotopic (exact) mass is 259 g/mol. The van der Waals surface area contributed by atoms with Crippen molar-refractivity contribution in [3.8, 4) is 5.75 Å². The zero-order valence-corrected chi connectivity index (χ0v) is 12.1. The number of methoxy groups -OCH3 is 1. The number of hydrogen-bond donors (Lipinski definition) is 0. The lowest BCUT2D eigenvalue weighted by Gasteiger charge is -2.36. The molecule has 1 aromatic rings. The Bertz CT molecular complexity index is 392. The first kappa shape index (κ1) is 14.0. The molecule has 0 N–H and O–H groups in total. The summed E-state index contributed by atoms with van der Waals surface area (Å²) in [5.41, 5.74) is 1.23. The molecule has 0 aliphatic heterocycles. The third-order valence-corrected chi connectivity index (χ3v) is 4.30. The molecule has 19 heavy (non-hydrogen) atoms. The minimum absolute atomic E-state index is 0.439. The van der Waals surface area contributed by atoms with Crippen molar-refractivity contribution in [1.29, 1.82) is 0 Å². The number of rotatable bonds is 5. The number of anilines is 1. The Morgan fingerprint density at radius 3 is 2.37 bits per heavy atom. The molecule has 1 aliphatic carbocycles. The average Bonchev–Trinajstić information content (AvgIpc) is 2.49. The van der Waals surface area contributed by atoms with Gasteiger partial charge in [-0.3, -0.25) is 0 Å². The molecule has 0 heterocycles. The van der Waals surface area contributed by atoms with E-state index in [1.807, 2.05) is 12.1 Å². The van der Waals surface area contributed by atoms with Gasteiger partial charge in [0.2, 0.25) is 0 Å². The fourth-order valence-electron chi connectivity index (χ4n) is 3.13. The topological polar surface area (TPSA) is 12.5 Å². The Morgan fingerprint density at radius 2 is 1.84 bits per heavy atom. The van der Waals surface area contributed by atoms with E-state index in [2.05, 4.69) is 36.7 Å². The molecule has 0 spiro atoms. The van der Waals surface area contributed by atoms with Crippen molar-refractivity contribution >= 4 is 5.69 Å². The Morgan fingerprint density at radius 1 is 1.21 bits per heavy atom. The summed E-state index contributed by atoms with van der Waals surface area (Å²) in [5, 5.41) is 0. The summed E-state index contributed by atoms with van der Waals surface area (Å²) in [6, 6.07) is 8.73. The van der Waals surface area contributed by atoms with Crippen LogP contribution in [0, 0.1) is 5.92 Å². The van der Waals surface area contributed by atoms with Crippen molar-refractivity contribution in [3.05, 3.63) is 36.9 Å². The molecule has 1 aliphatic rings. The molecule has 1 aromatic carbocycles. The molecule has 1 atom stereocenters. The summed E-state index contributed by atoms with van der Waals surface area (Å²) < 4.78 is 5.21. The van der Waals surface area contributed by atoms with Crippen LogP contribution in [0.15, 0.2) is 36.9 Å². The zero-order valence-electron chi connectivity index (χ0n) is 12.1. The van der Waals surface area contributed by atoms with Crippen LogP contribution in [0.25, 0.3) is 0 Å². The number of benzene rings is 1. The van der Waals surface area contributed by atoms with Crippen LogP contribution in [-0.4, -0.2) is 20.2 Å². The van der Waals surface area contributed by atoms with E-state index in [9.17, 15) is 0 Å². The maximum atomic E-state index is 5.21. The lowest BCUT2D eigenvalue weighted by molar-refractivity contribution is 0.327. The molecular formula is C17H25NO. The van der Waals surface area contributed by atoms with Crippen molar-refractivity contribution in [1.82, 2.24) is 0 Å². The zero-order chi connectivity index (χ0) is 13.7. The molecule has 0 saturated heterocycles. The fraction of sp³-hybridized carbons (Fsp3) is 0.529. The van der Waals surface area contributed by atoms with Gasteiger partial charge in [0, 0.05) is 18.8 Å². The average molecular weight is 259 g/mol. The van der Waals surface area contributed by atoms with Crippen molar-refractivity contribution < 1.29 is 4.74 Å². The highest BCUT2D eigenvalue weighted by molar-refractivity contribution is 5.50. The first-order valence-corrected chi connectivity index (χ1v) is 7.25. The van der Waals surface area contributed by atoms with Gasteiger partial charge in [-0.15, -0.1) is 6.58 Å². The minimum atomic E-state index is 0.439. The van der Waals surface area contributed by atoms with E-state index in [1.165, 1.54) is 37.8 Å². The molecule has 0 radical (unpaired) electrons. The van der Waals surface area contributed by atoms with Gasteiger partial charge in [0.15, 0.2) is 0 Å². The molecular weight excluding hydrogens is 234 g/mol. The van der Waals surface area contributed by atoms with Gasteiger partial charge in [0.05, 0.1) is 7.11 Å². The summed E-state index contributed by atoms with van der Waals surface area (Å²) >= 11 is 0. The molecule has 2 heteroatoms. The highest BCUT2D eigenvalue weighted by Crippen LogP contribution is 2.31. The van der Waals surface area contributed by atoms with Crippen molar-refractivity contribution in [2.24, 2.45) is 5.92 Å². The number of ether oxygens (including phenoxy) is 1. The Kier molecular flexibility index (Phi) is 4.89. The quantitative estimate of drug-likeness (QED) is 0.732. The van der Waals surface area contributed by atoms with Crippen LogP contribution in [0.2, 0.25) is 0 Å². The molecule has 104 valence electrons. The third kappa shape index (κ3) is 3.31. The van der Waals surface area contributed by atoms with Crippen molar-refractivity contribution in [3.63, 3.8) is 0 Å². The third-order valence-electron chi connectivity index (χ3n) is 4.30. The maximum Gasteiger partial charge on any atom is 0.119 e. The van der Waals surface area contributed by atoms with Gasteiger partial charge < -0.3 is 9.64 Å². The summed E-state index contributed by atoms with van der Waals surface area (Å²) in [6.45, 7) is 4.05. The van der Waals surface area contributed by atoms with E-state index in [1.54, 1.807) is 7.11 Å². The van der Waals surface area contributed by atoms with Gasteiger partial charge in [0.25, 0.3) is 0 Å². The standard InChI is InChI=1S/C17H25NO/c1-4-17(14-8-6-5-7-9-14)18(2)15-10-12-16(19-3)13-11-15/h4,10-14,17H,1,5-9H2,2-3H3/t17-/m1/s1. The van der Waals surface area contributed by atoms with Crippen LogP contribution in [-0.2, 0) is 0 Å². The lowest BCUT2D eigenvalue weighted by atomic mass is 9.83. The van der Waals surface area contributed by atoms with Crippen LogP contribution < -0.4 is 9.64 Å². The van der Waals surface area contributed by atoms with Crippen LogP contribution in [0.1, 0.15) is 32.1 Å². The predicted molar refractivity (Wildman–Crippen MR) is 82.0 cm³/mol. The summed E-state index contributed by atoms with van der Waals surface area (Å²) in [7, 11) is 3.87. The van der Waals surface area contributed by atoms with E-state index in [4.69, 9.17) is 4.74 Å². The van der Waals surface area contributed by atoms with Gasteiger partial charge in [-0.05, 0) is 43.0 Å². The van der Waals surface area contributed by atoms with Gasteiger partial charge in [-0.1, -0.05) is 25.3 Å². The van der Waals surface area contributed by atoms with E-state index < -0.39 is 0 Å².